The zero-order chi connectivity index (χ0) is 27.2. The van der Waals surface area contributed by atoms with Crippen LogP contribution in [-0.4, -0.2) is 27.9 Å². The van der Waals surface area contributed by atoms with Gasteiger partial charge in [-0.2, -0.15) is 0 Å². The molecule has 7 nitrogen and oxygen atoms in total. The van der Waals surface area contributed by atoms with E-state index in [-0.39, 0.29) is 48.9 Å². The number of imidazole rings is 1. The van der Waals surface area contributed by atoms with Gasteiger partial charge in [0.15, 0.2) is 13.2 Å². The summed E-state index contributed by atoms with van der Waals surface area (Å²) in [6.45, 7) is 0.647. The van der Waals surface area contributed by atoms with Crippen LogP contribution in [0.1, 0.15) is 17.2 Å². The first-order chi connectivity index (χ1) is 18.2. The fraction of sp³-hybridized carbons (Fsp3) is 0.185. The van der Waals surface area contributed by atoms with Crippen LogP contribution < -0.4 is 21.7 Å². The second-order valence-corrected chi connectivity index (χ2v) is 10.9. The van der Waals surface area contributed by atoms with Crippen LogP contribution in [0.3, 0.4) is 0 Å². The number of hydrogen-bond donors (Lipinski definition) is 0. The molecule has 1 aromatic heterocycles. The minimum Gasteiger partial charge on any atom is -1.00 e. The van der Waals surface area contributed by atoms with Crippen LogP contribution in [0.15, 0.2) is 73.3 Å². The van der Waals surface area contributed by atoms with E-state index in [1.807, 2.05) is 29.2 Å². The molecular weight excluding hydrogens is 680 g/mol. The van der Waals surface area contributed by atoms with Crippen molar-refractivity contribution >= 4 is 75.4 Å². The number of hydrogen-bond acceptors (Lipinski definition) is 3. The van der Waals surface area contributed by atoms with Crippen LogP contribution in [0.2, 0.25) is 30.1 Å². The molecule has 4 aromatic rings. The first-order valence-electron chi connectivity index (χ1n) is 11.3. The van der Waals surface area contributed by atoms with E-state index in [1.165, 1.54) is 0 Å². The molecule has 0 spiro atoms. The Kier molecular flexibility index (Phi) is 15.8. The maximum atomic E-state index is 12.5. The number of carbonyl (C=O) groups excluding carboxylic acids is 1. The predicted octanol–water partition coefficient (Wildman–Crippen LogP) is 3.66. The van der Waals surface area contributed by atoms with Gasteiger partial charge in [0.05, 0.1) is 11.6 Å². The number of ether oxygens (including phenoxy) is 2. The summed E-state index contributed by atoms with van der Waals surface area (Å²) in [6, 6.07) is 15.3. The highest BCUT2D eigenvalue weighted by molar-refractivity contribution is 6.36. The van der Waals surface area contributed by atoms with E-state index in [9.17, 15) is 4.79 Å². The molecule has 4 N–H and O–H groups in total. The summed E-state index contributed by atoms with van der Waals surface area (Å²) in [5.74, 6) is 0.261. The first kappa shape index (κ1) is 37.3. The number of benzene rings is 3. The lowest BCUT2D eigenvalue weighted by Crippen LogP contribution is -3.00. The average molecular weight is 706 g/mol. The SMILES string of the molecule is O.O.O=C(COc1ccc(Cl)cc1Cl)C[n+]1ccn(CC(OCc2ccc(Cl)cc2Cl)c2ccc(Cl)cc2Cl)c1.[Cl-]. The van der Waals surface area contributed by atoms with Crippen molar-refractivity contribution in [3.05, 3.63) is 115 Å². The van der Waals surface area contributed by atoms with Crippen LogP contribution >= 0.6 is 69.6 Å². The fourth-order valence-electron chi connectivity index (χ4n) is 3.66. The number of Topliss-reactive ketones (excluding diaryl/α,β-unsaturated/α-hetero) is 1. The lowest BCUT2D eigenvalue weighted by molar-refractivity contribution is -0.683. The molecule has 222 valence electrons. The maximum absolute atomic E-state index is 12.5. The van der Waals surface area contributed by atoms with Gasteiger partial charge in [-0.05, 0) is 48.0 Å². The van der Waals surface area contributed by atoms with E-state index in [2.05, 4.69) is 0 Å². The Morgan fingerprint density at radius 3 is 2.07 bits per heavy atom. The Hall–Kier alpha value is -1.75. The molecule has 3 aromatic carbocycles. The molecule has 4 rings (SSSR count). The van der Waals surface area contributed by atoms with E-state index < -0.39 is 6.10 Å². The highest BCUT2D eigenvalue weighted by atomic mass is 35.5. The van der Waals surface area contributed by atoms with Crippen LogP contribution in [0.4, 0.5) is 0 Å². The lowest BCUT2D eigenvalue weighted by Gasteiger charge is -2.19. The monoisotopic (exact) mass is 702 g/mol. The number of halogens is 7. The van der Waals surface area contributed by atoms with Crippen LogP contribution in [0, 0.1) is 0 Å². The largest absolute Gasteiger partial charge is 1.00 e. The Labute approximate surface area is 273 Å². The number of nitrogens with zero attached hydrogens (tertiary/aromatic N) is 2. The van der Waals surface area contributed by atoms with Gasteiger partial charge >= 0.3 is 0 Å². The topological polar surface area (TPSA) is 107 Å². The third-order valence-electron chi connectivity index (χ3n) is 5.53. The van der Waals surface area contributed by atoms with Gasteiger partial charge in [0.1, 0.15) is 30.8 Å². The standard InChI is InChI=1S/C27H21Cl6N2O3.ClH.2H2O/c28-18-2-1-17(23(31)9-18)14-37-27(22-5-3-19(29)10-24(22)32)13-35-8-7-34(16-35)12-21(36)15-38-26-6-4-20(30)11-25(26)33;;;/h1-11,16,27H,12-15H2;1H;2*1H2/q+1;;;/p-1. The van der Waals surface area contributed by atoms with E-state index in [0.29, 0.717) is 42.4 Å². The van der Waals surface area contributed by atoms with Crippen molar-refractivity contribution in [1.29, 1.82) is 0 Å². The number of aromatic nitrogens is 2. The number of ketones is 1. The summed E-state index contributed by atoms with van der Waals surface area (Å²) in [5, 5.41) is 2.90. The van der Waals surface area contributed by atoms with Crippen molar-refractivity contribution < 1.29 is 42.2 Å². The molecule has 0 radical (unpaired) electrons. The Morgan fingerprint density at radius 1 is 0.829 bits per heavy atom. The highest BCUT2D eigenvalue weighted by Gasteiger charge is 2.21. The summed E-state index contributed by atoms with van der Waals surface area (Å²) in [7, 11) is 0. The first-order valence-corrected chi connectivity index (χ1v) is 13.6. The maximum Gasteiger partial charge on any atom is 0.244 e. The molecule has 0 aliphatic rings. The molecule has 0 aliphatic heterocycles. The number of carbonyl (C=O) groups is 1. The van der Waals surface area contributed by atoms with Crippen LogP contribution in [0.25, 0.3) is 0 Å². The molecule has 14 heteroatoms. The molecule has 0 fully saturated rings. The summed E-state index contributed by atoms with van der Waals surface area (Å²) >= 11 is 37.0. The van der Waals surface area contributed by atoms with Gasteiger partial charge < -0.3 is 32.8 Å². The fourth-order valence-corrected chi connectivity index (χ4v) is 5.12. The van der Waals surface area contributed by atoms with E-state index in [1.54, 1.807) is 53.2 Å². The van der Waals surface area contributed by atoms with Gasteiger partial charge in [-0.15, -0.1) is 0 Å². The Morgan fingerprint density at radius 2 is 1.44 bits per heavy atom. The highest BCUT2D eigenvalue weighted by Crippen LogP contribution is 2.32. The van der Waals surface area contributed by atoms with Gasteiger partial charge in [0.2, 0.25) is 12.1 Å². The molecule has 1 heterocycles. The van der Waals surface area contributed by atoms with Crippen molar-refractivity contribution in [1.82, 2.24) is 4.57 Å². The van der Waals surface area contributed by atoms with Crippen LogP contribution in [-0.2, 0) is 29.2 Å². The van der Waals surface area contributed by atoms with E-state index in [4.69, 9.17) is 79.1 Å². The average Bonchev–Trinajstić information content (AvgIpc) is 3.29. The minimum atomic E-state index is -0.432. The van der Waals surface area contributed by atoms with Crippen molar-refractivity contribution in [2.45, 2.75) is 25.8 Å². The summed E-state index contributed by atoms with van der Waals surface area (Å²) < 4.78 is 15.5. The van der Waals surface area contributed by atoms with Crippen molar-refractivity contribution in [2.24, 2.45) is 0 Å². The molecule has 0 aliphatic carbocycles. The zero-order valence-corrected chi connectivity index (χ0v) is 26.4. The third kappa shape index (κ3) is 10.8. The summed E-state index contributed by atoms with van der Waals surface area (Å²) in [5.41, 5.74) is 1.56. The molecule has 41 heavy (non-hydrogen) atoms. The third-order valence-corrected chi connectivity index (χ3v) is 7.21. The van der Waals surface area contributed by atoms with Gasteiger partial charge in [0.25, 0.3) is 0 Å². The second kappa shape index (κ2) is 17.4. The predicted molar refractivity (Wildman–Crippen MR) is 159 cm³/mol. The van der Waals surface area contributed by atoms with Gasteiger partial charge in [-0.1, -0.05) is 81.7 Å². The molecular formula is C27H25Cl7N2O5. The quantitative estimate of drug-likeness (QED) is 0.223. The smallest absolute Gasteiger partial charge is 0.244 e. The zero-order valence-electron chi connectivity index (χ0n) is 21.1. The molecule has 0 bridgehead atoms. The second-order valence-electron chi connectivity index (χ2n) is 8.39. The lowest BCUT2D eigenvalue weighted by atomic mass is 10.1. The normalized spacial score (nSPS) is 11.1. The minimum absolute atomic E-state index is 0. The van der Waals surface area contributed by atoms with E-state index >= 15 is 0 Å². The van der Waals surface area contributed by atoms with Gasteiger partial charge in [-0.3, -0.25) is 4.79 Å². The molecule has 1 atom stereocenters. The van der Waals surface area contributed by atoms with Crippen molar-refractivity contribution in [3.63, 3.8) is 0 Å². The summed E-state index contributed by atoms with van der Waals surface area (Å²) in [4.78, 5) is 12.5. The molecule has 0 saturated carbocycles. The Balaban J connectivity index is 0.00000280. The summed E-state index contributed by atoms with van der Waals surface area (Å²) in [6.07, 6.45) is 5.02. The van der Waals surface area contributed by atoms with E-state index in [0.717, 1.165) is 11.1 Å². The van der Waals surface area contributed by atoms with Crippen molar-refractivity contribution in [3.8, 4) is 5.75 Å². The van der Waals surface area contributed by atoms with Crippen molar-refractivity contribution in [2.75, 3.05) is 6.61 Å². The molecule has 1 unspecified atom stereocenters. The van der Waals surface area contributed by atoms with Gasteiger partial charge in [0, 0.05) is 30.7 Å². The molecule has 0 saturated heterocycles. The van der Waals surface area contributed by atoms with Gasteiger partial charge in [-0.25, -0.2) is 9.13 Å². The molecule has 0 amide bonds. The van der Waals surface area contributed by atoms with Crippen LogP contribution in [0.5, 0.6) is 5.75 Å². The number of rotatable bonds is 11. The Bertz CT molecular complexity index is 1450.